The molecule has 0 aromatic rings. The van der Waals surface area contributed by atoms with Gasteiger partial charge in [-0.1, -0.05) is 33.1 Å². The molecule has 0 rings (SSSR count). The minimum absolute atomic E-state index is 0.727. The van der Waals surface area contributed by atoms with Crippen LogP contribution in [-0.2, 0) is 0 Å². The zero-order chi connectivity index (χ0) is 8.53. The third kappa shape index (κ3) is 6.21. The normalized spacial score (nSPS) is 12.2. The molecule has 0 saturated heterocycles. The smallest absolute Gasteiger partial charge is 0.0585 e. The third-order valence-electron chi connectivity index (χ3n) is 1.96. The molecular weight excluding hydrogens is 154 g/mol. The Kier molecular flexibility index (Phi) is 7.76. The van der Waals surface area contributed by atoms with Crippen molar-refractivity contribution < 1.29 is 0 Å². The Morgan fingerprint density at radius 3 is 2.64 bits per heavy atom. The van der Waals surface area contributed by atoms with Gasteiger partial charge in [0.15, 0.2) is 0 Å². The van der Waals surface area contributed by atoms with Crippen LogP contribution in [0.1, 0.15) is 39.5 Å². The maximum Gasteiger partial charge on any atom is 0.0585 e. The summed E-state index contributed by atoms with van der Waals surface area (Å²) in [6.07, 6.45) is 5.08. The van der Waals surface area contributed by atoms with Gasteiger partial charge in [0, 0.05) is 0 Å². The lowest BCUT2D eigenvalue weighted by molar-refractivity contribution is 0.463. The highest BCUT2D eigenvalue weighted by molar-refractivity contribution is 7.78. The van der Waals surface area contributed by atoms with E-state index < -0.39 is 0 Å². The van der Waals surface area contributed by atoms with Gasteiger partial charge in [0.25, 0.3) is 0 Å². The number of isothiocyanates is 1. The van der Waals surface area contributed by atoms with E-state index in [9.17, 15) is 0 Å². The van der Waals surface area contributed by atoms with Gasteiger partial charge in [-0.3, -0.25) is 0 Å². The minimum Gasteiger partial charge on any atom is -0.232 e. The summed E-state index contributed by atoms with van der Waals surface area (Å²) in [5, 5.41) is 2.42. The molecule has 0 spiro atoms. The Morgan fingerprint density at radius 1 is 1.45 bits per heavy atom. The standard InChI is InChI=1S/C9H17NS/c1-3-5-6-9(4-2)7-10-8-11/h9H,3-7H2,1-2H3/t9-/m1/s1. The number of nitrogens with zero attached hydrogens (tertiary/aromatic N) is 1. The number of aliphatic imine (C=N–C) groups is 1. The van der Waals surface area contributed by atoms with E-state index in [2.05, 4.69) is 36.2 Å². The zero-order valence-electron chi connectivity index (χ0n) is 7.47. The predicted molar refractivity (Wildman–Crippen MR) is 53.2 cm³/mol. The van der Waals surface area contributed by atoms with E-state index in [1.165, 1.54) is 25.7 Å². The highest BCUT2D eigenvalue weighted by Crippen LogP contribution is 2.12. The predicted octanol–water partition coefficient (Wildman–Crippen LogP) is 3.31. The summed E-state index contributed by atoms with van der Waals surface area (Å²) >= 11 is 4.51. The Morgan fingerprint density at radius 2 is 2.18 bits per heavy atom. The van der Waals surface area contributed by atoms with Crippen LogP contribution >= 0.6 is 12.2 Å². The number of hydrogen-bond donors (Lipinski definition) is 0. The van der Waals surface area contributed by atoms with Crippen LogP contribution in [0.4, 0.5) is 0 Å². The van der Waals surface area contributed by atoms with Crippen LogP contribution < -0.4 is 0 Å². The van der Waals surface area contributed by atoms with Gasteiger partial charge in [-0.05, 0) is 24.6 Å². The second-order valence-corrected chi connectivity index (χ2v) is 3.03. The summed E-state index contributed by atoms with van der Waals surface area (Å²) < 4.78 is 0. The highest BCUT2D eigenvalue weighted by atomic mass is 32.1. The SMILES string of the molecule is CCCC[C@@H](CC)CN=C=S. The number of hydrogen-bond acceptors (Lipinski definition) is 2. The average Bonchev–Trinajstić information content (AvgIpc) is 2.05. The Bertz CT molecular complexity index is 128. The fraction of sp³-hybridized carbons (Fsp3) is 0.889. The van der Waals surface area contributed by atoms with Crippen molar-refractivity contribution in [1.82, 2.24) is 0 Å². The van der Waals surface area contributed by atoms with E-state index in [4.69, 9.17) is 0 Å². The molecule has 0 aliphatic carbocycles. The van der Waals surface area contributed by atoms with Crippen molar-refractivity contribution in [1.29, 1.82) is 0 Å². The summed E-state index contributed by atoms with van der Waals surface area (Å²) in [7, 11) is 0. The molecule has 0 amide bonds. The second kappa shape index (κ2) is 7.90. The molecule has 0 bridgehead atoms. The molecule has 2 heteroatoms. The molecule has 1 atom stereocenters. The quantitative estimate of drug-likeness (QED) is 0.441. The summed E-state index contributed by atoms with van der Waals surface area (Å²) in [6, 6.07) is 0. The first-order chi connectivity index (χ1) is 5.35. The first-order valence-corrected chi connectivity index (χ1v) is 4.79. The molecule has 1 nitrogen and oxygen atoms in total. The molecule has 0 aliphatic rings. The molecule has 11 heavy (non-hydrogen) atoms. The van der Waals surface area contributed by atoms with Gasteiger partial charge < -0.3 is 0 Å². The van der Waals surface area contributed by atoms with Crippen LogP contribution in [0.5, 0.6) is 0 Å². The van der Waals surface area contributed by atoms with Gasteiger partial charge in [0.1, 0.15) is 0 Å². The van der Waals surface area contributed by atoms with Gasteiger partial charge in [-0.2, -0.15) is 0 Å². The van der Waals surface area contributed by atoms with Gasteiger partial charge in [0.05, 0.1) is 11.7 Å². The Hall–Kier alpha value is -0.200. The molecule has 0 aromatic carbocycles. The fourth-order valence-corrected chi connectivity index (χ4v) is 1.16. The van der Waals surface area contributed by atoms with Crippen LogP contribution in [-0.4, -0.2) is 11.7 Å². The van der Waals surface area contributed by atoms with Crippen LogP contribution in [0.15, 0.2) is 4.99 Å². The molecule has 0 aliphatic heterocycles. The van der Waals surface area contributed by atoms with Crippen molar-refractivity contribution in [2.45, 2.75) is 39.5 Å². The van der Waals surface area contributed by atoms with Crippen LogP contribution in [0, 0.1) is 5.92 Å². The van der Waals surface area contributed by atoms with Crippen molar-refractivity contribution in [3.05, 3.63) is 0 Å². The lowest BCUT2D eigenvalue weighted by atomic mass is 10.00. The van der Waals surface area contributed by atoms with Gasteiger partial charge in [-0.25, -0.2) is 4.99 Å². The molecule has 64 valence electrons. The van der Waals surface area contributed by atoms with E-state index >= 15 is 0 Å². The molecule has 0 saturated carbocycles. The van der Waals surface area contributed by atoms with Gasteiger partial charge >= 0.3 is 0 Å². The second-order valence-electron chi connectivity index (χ2n) is 2.85. The molecule has 0 N–H and O–H groups in total. The average molecular weight is 171 g/mol. The number of unbranched alkanes of at least 4 members (excludes halogenated alkanes) is 1. The molecule has 0 unspecified atom stereocenters. The summed E-state index contributed by atoms with van der Waals surface area (Å²) in [5.74, 6) is 0.727. The molecule has 0 heterocycles. The summed E-state index contributed by atoms with van der Waals surface area (Å²) in [4.78, 5) is 3.96. The fourth-order valence-electron chi connectivity index (χ4n) is 1.08. The number of rotatable bonds is 6. The van der Waals surface area contributed by atoms with E-state index in [-0.39, 0.29) is 0 Å². The first kappa shape index (κ1) is 10.8. The largest absolute Gasteiger partial charge is 0.232 e. The molecule has 0 fully saturated rings. The van der Waals surface area contributed by atoms with E-state index in [0.717, 1.165) is 12.5 Å². The molecule has 0 radical (unpaired) electrons. The Labute approximate surface area is 74.9 Å². The van der Waals surface area contributed by atoms with E-state index in [1.54, 1.807) is 0 Å². The van der Waals surface area contributed by atoms with Crippen molar-refractivity contribution in [2.24, 2.45) is 10.9 Å². The van der Waals surface area contributed by atoms with E-state index in [1.807, 2.05) is 0 Å². The van der Waals surface area contributed by atoms with Crippen molar-refractivity contribution in [2.75, 3.05) is 6.54 Å². The first-order valence-electron chi connectivity index (χ1n) is 4.38. The van der Waals surface area contributed by atoms with Crippen molar-refractivity contribution in [3.63, 3.8) is 0 Å². The minimum atomic E-state index is 0.727. The number of thiocarbonyl (C=S) groups is 1. The van der Waals surface area contributed by atoms with Crippen LogP contribution in [0.2, 0.25) is 0 Å². The molecule has 0 aromatic heterocycles. The maximum atomic E-state index is 4.51. The molecular formula is C9H17NS. The van der Waals surface area contributed by atoms with Crippen molar-refractivity contribution >= 4 is 17.4 Å². The topological polar surface area (TPSA) is 12.4 Å². The summed E-state index contributed by atoms with van der Waals surface area (Å²) in [5.41, 5.74) is 0. The van der Waals surface area contributed by atoms with Crippen LogP contribution in [0.3, 0.4) is 0 Å². The summed E-state index contributed by atoms with van der Waals surface area (Å²) in [6.45, 7) is 5.30. The third-order valence-corrected chi connectivity index (χ3v) is 2.09. The van der Waals surface area contributed by atoms with Crippen molar-refractivity contribution in [3.8, 4) is 0 Å². The monoisotopic (exact) mass is 171 g/mol. The highest BCUT2D eigenvalue weighted by Gasteiger charge is 2.02. The van der Waals surface area contributed by atoms with Crippen LogP contribution in [0.25, 0.3) is 0 Å². The van der Waals surface area contributed by atoms with E-state index in [0.29, 0.717) is 0 Å². The zero-order valence-corrected chi connectivity index (χ0v) is 8.28. The lowest BCUT2D eigenvalue weighted by Gasteiger charge is -2.09. The maximum absolute atomic E-state index is 4.51. The lowest BCUT2D eigenvalue weighted by Crippen LogP contribution is -2.02. The Balaban J connectivity index is 3.48. The van der Waals surface area contributed by atoms with Gasteiger partial charge in [-0.15, -0.1) is 0 Å². The van der Waals surface area contributed by atoms with Gasteiger partial charge in [0.2, 0.25) is 0 Å².